The third kappa shape index (κ3) is 3.72. The molecule has 1 atom stereocenters. The summed E-state index contributed by atoms with van der Waals surface area (Å²) in [6.07, 6.45) is -11.2. The molecule has 9 heteroatoms. The first-order chi connectivity index (χ1) is 9.05. The van der Waals surface area contributed by atoms with Crippen LogP contribution in [0.1, 0.15) is 10.4 Å². The first-order valence-electron chi connectivity index (χ1n) is 4.98. The average Bonchev–Trinajstić information content (AvgIpc) is 2.26. The number of halogens is 6. The Morgan fingerprint density at radius 1 is 1.00 bits per heavy atom. The van der Waals surface area contributed by atoms with Gasteiger partial charge in [0.2, 0.25) is 5.92 Å². The Bertz CT molecular complexity index is 497. The lowest BCUT2D eigenvalue weighted by atomic mass is 10.1. The Hall–Kier alpha value is -2.06. The van der Waals surface area contributed by atoms with Crippen molar-refractivity contribution in [1.82, 2.24) is 0 Å². The van der Waals surface area contributed by atoms with Crippen molar-refractivity contribution in [2.75, 3.05) is 0 Å². The van der Waals surface area contributed by atoms with Gasteiger partial charge in [0.15, 0.2) is 0 Å². The van der Waals surface area contributed by atoms with E-state index in [2.05, 4.69) is 4.74 Å². The van der Waals surface area contributed by atoms with E-state index in [4.69, 9.17) is 0 Å². The number of hydrogen-bond donors (Lipinski definition) is 0. The number of alkyl halides is 5. The van der Waals surface area contributed by atoms with Gasteiger partial charge in [-0.15, -0.1) is 0 Å². The molecule has 1 aromatic carbocycles. The topological polar surface area (TPSA) is 43.4 Å². The van der Waals surface area contributed by atoms with Crippen LogP contribution in [-0.4, -0.2) is 24.3 Å². The lowest BCUT2D eigenvalue weighted by molar-refractivity contribution is -0.305. The maximum absolute atomic E-state index is 13.1. The highest BCUT2D eigenvalue weighted by atomic mass is 19.4. The number of carbonyl (C=O) groups is 2. The minimum absolute atomic E-state index is 0.473. The van der Waals surface area contributed by atoms with Gasteiger partial charge in [0.05, 0.1) is 5.56 Å². The minimum atomic E-state index is -5.90. The van der Waals surface area contributed by atoms with Crippen LogP contribution in [0.2, 0.25) is 0 Å². The maximum Gasteiger partial charge on any atom is 0.421 e. The Balaban J connectivity index is 2.99. The van der Waals surface area contributed by atoms with Gasteiger partial charge in [-0.2, -0.15) is 26.3 Å². The normalized spacial score (nSPS) is 13.7. The van der Waals surface area contributed by atoms with Gasteiger partial charge in [0, 0.05) is 0 Å². The SMILES string of the molecule is O=C(OC(F)(F)C(C(=O)F)C(F)(F)F)c1ccccc1. The molecule has 1 aromatic rings. The standard InChI is InChI=1S/C11H6F6O3/c12-8(18)7(10(13,14)15)11(16,17)20-9(19)6-4-2-1-3-5-6/h1-5,7H. The molecule has 0 aliphatic heterocycles. The molecule has 1 unspecified atom stereocenters. The van der Waals surface area contributed by atoms with Crippen LogP contribution in [0, 0.1) is 5.92 Å². The monoisotopic (exact) mass is 300 g/mol. The van der Waals surface area contributed by atoms with E-state index >= 15 is 0 Å². The second kappa shape index (κ2) is 5.51. The van der Waals surface area contributed by atoms with Gasteiger partial charge < -0.3 is 4.74 Å². The van der Waals surface area contributed by atoms with Crippen LogP contribution in [0.3, 0.4) is 0 Å². The first-order valence-corrected chi connectivity index (χ1v) is 4.98. The molecule has 0 aliphatic carbocycles. The van der Waals surface area contributed by atoms with Crippen LogP contribution in [0.5, 0.6) is 0 Å². The van der Waals surface area contributed by atoms with Crippen LogP contribution in [0.15, 0.2) is 30.3 Å². The summed E-state index contributed by atoms with van der Waals surface area (Å²) in [5, 5.41) is 0. The molecule has 0 fully saturated rings. The lowest BCUT2D eigenvalue weighted by Gasteiger charge is -2.24. The van der Waals surface area contributed by atoms with Crippen LogP contribution in [0.4, 0.5) is 26.3 Å². The van der Waals surface area contributed by atoms with E-state index in [0.29, 0.717) is 0 Å². The molecule has 0 heterocycles. The van der Waals surface area contributed by atoms with Gasteiger partial charge in [-0.3, -0.25) is 4.79 Å². The van der Waals surface area contributed by atoms with Crippen molar-refractivity contribution >= 4 is 12.0 Å². The highest BCUT2D eigenvalue weighted by Gasteiger charge is 2.63. The van der Waals surface area contributed by atoms with Gasteiger partial charge in [-0.25, -0.2) is 4.79 Å². The molecule has 0 radical (unpaired) electrons. The van der Waals surface area contributed by atoms with E-state index in [1.54, 1.807) is 0 Å². The van der Waals surface area contributed by atoms with Crippen LogP contribution >= 0.6 is 0 Å². The first kappa shape index (κ1) is 16.0. The quantitative estimate of drug-likeness (QED) is 0.487. The molecule has 0 aromatic heterocycles. The predicted octanol–water partition coefficient (Wildman–Crippen LogP) is 3.11. The van der Waals surface area contributed by atoms with E-state index < -0.39 is 35.8 Å². The number of ether oxygens (including phenoxy) is 1. The van der Waals surface area contributed by atoms with Crippen molar-refractivity contribution < 1.29 is 40.7 Å². The number of benzene rings is 1. The number of esters is 1. The Morgan fingerprint density at radius 2 is 1.50 bits per heavy atom. The number of rotatable bonds is 4. The molecule has 0 bridgehead atoms. The summed E-state index contributed by atoms with van der Waals surface area (Å²) in [6.45, 7) is 0. The van der Waals surface area contributed by atoms with Crippen molar-refractivity contribution in [3.63, 3.8) is 0 Å². The molecule has 0 saturated carbocycles. The average molecular weight is 300 g/mol. The smallest absolute Gasteiger partial charge is 0.396 e. The molecule has 1 rings (SSSR count). The Morgan fingerprint density at radius 3 is 1.90 bits per heavy atom. The third-order valence-corrected chi connectivity index (χ3v) is 2.13. The Labute approximate surface area is 108 Å². The lowest BCUT2D eigenvalue weighted by Crippen LogP contribution is -2.46. The van der Waals surface area contributed by atoms with Crippen molar-refractivity contribution in [1.29, 1.82) is 0 Å². The third-order valence-electron chi connectivity index (χ3n) is 2.13. The van der Waals surface area contributed by atoms with Gasteiger partial charge >= 0.3 is 24.3 Å². The molecular formula is C11H6F6O3. The van der Waals surface area contributed by atoms with Crippen LogP contribution < -0.4 is 0 Å². The molecule has 0 N–H and O–H groups in total. The summed E-state index contributed by atoms with van der Waals surface area (Å²) >= 11 is 0. The van der Waals surface area contributed by atoms with Crippen LogP contribution in [-0.2, 0) is 9.53 Å². The molecule has 0 saturated heterocycles. The van der Waals surface area contributed by atoms with Crippen molar-refractivity contribution in [3.05, 3.63) is 35.9 Å². The summed E-state index contributed by atoms with van der Waals surface area (Å²) < 4.78 is 78.4. The summed E-state index contributed by atoms with van der Waals surface area (Å²) in [4.78, 5) is 21.3. The summed E-state index contributed by atoms with van der Waals surface area (Å²) in [6, 6.07) is 2.56. The van der Waals surface area contributed by atoms with Crippen LogP contribution in [0.25, 0.3) is 0 Å². The Kier molecular flexibility index (Phi) is 4.41. The van der Waals surface area contributed by atoms with E-state index in [1.807, 2.05) is 0 Å². The molecule has 0 spiro atoms. The molecule has 0 amide bonds. The van der Waals surface area contributed by atoms with Gasteiger partial charge in [0.1, 0.15) is 0 Å². The molecular weight excluding hydrogens is 294 g/mol. The largest absolute Gasteiger partial charge is 0.421 e. The fraction of sp³-hybridized carbons (Fsp3) is 0.273. The van der Waals surface area contributed by atoms with Gasteiger partial charge in [0.25, 0.3) is 0 Å². The number of carbonyl (C=O) groups excluding carboxylic acids is 2. The van der Waals surface area contributed by atoms with Crippen molar-refractivity contribution in [3.8, 4) is 0 Å². The van der Waals surface area contributed by atoms with Crippen molar-refractivity contribution in [2.24, 2.45) is 5.92 Å². The van der Waals surface area contributed by atoms with E-state index in [9.17, 15) is 35.9 Å². The van der Waals surface area contributed by atoms with Gasteiger partial charge in [-0.1, -0.05) is 18.2 Å². The fourth-order valence-electron chi connectivity index (χ4n) is 1.27. The van der Waals surface area contributed by atoms with E-state index in [-0.39, 0.29) is 0 Å². The molecule has 20 heavy (non-hydrogen) atoms. The highest BCUT2D eigenvalue weighted by molar-refractivity contribution is 5.89. The van der Waals surface area contributed by atoms with E-state index in [1.165, 1.54) is 18.2 Å². The minimum Gasteiger partial charge on any atom is -0.396 e. The molecule has 3 nitrogen and oxygen atoms in total. The zero-order valence-electron chi connectivity index (χ0n) is 9.46. The summed E-state index contributed by atoms with van der Waals surface area (Å²) in [7, 11) is 0. The zero-order chi connectivity index (χ0) is 15.6. The number of hydrogen-bond acceptors (Lipinski definition) is 3. The van der Waals surface area contributed by atoms with E-state index in [0.717, 1.165) is 12.1 Å². The maximum atomic E-state index is 13.1. The summed E-state index contributed by atoms with van der Waals surface area (Å²) in [5.41, 5.74) is -0.473. The molecule has 110 valence electrons. The zero-order valence-corrected chi connectivity index (χ0v) is 9.46. The van der Waals surface area contributed by atoms with Crippen molar-refractivity contribution in [2.45, 2.75) is 12.3 Å². The fourth-order valence-corrected chi connectivity index (χ4v) is 1.27. The second-order valence-corrected chi connectivity index (χ2v) is 3.60. The van der Waals surface area contributed by atoms with Gasteiger partial charge in [-0.05, 0) is 12.1 Å². The second-order valence-electron chi connectivity index (χ2n) is 3.60. The predicted molar refractivity (Wildman–Crippen MR) is 52.5 cm³/mol. The summed E-state index contributed by atoms with van der Waals surface area (Å²) in [5.74, 6) is -6.17. The molecule has 0 aliphatic rings. The highest BCUT2D eigenvalue weighted by Crippen LogP contribution is 2.40.